The first-order valence-corrected chi connectivity index (χ1v) is 7.85. The minimum Gasteiger partial charge on any atom is -0.310 e. The average Bonchev–Trinajstić information content (AvgIpc) is 2.41. The second-order valence-corrected chi connectivity index (χ2v) is 6.25. The Morgan fingerprint density at radius 3 is 2.63 bits per heavy atom. The van der Waals surface area contributed by atoms with Gasteiger partial charge in [0.15, 0.2) is 0 Å². The number of nitrogens with one attached hydrogen (secondary N) is 1. The zero-order valence-electron chi connectivity index (χ0n) is 12.7. The van der Waals surface area contributed by atoms with Gasteiger partial charge in [0.1, 0.15) is 0 Å². The highest BCUT2D eigenvalue weighted by Gasteiger charge is 2.27. The molecule has 1 saturated carbocycles. The lowest BCUT2D eigenvalue weighted by atomic mass is 9.77. The Balaban J connectivity index is 2.11. The highest BCUT2D eigenvalue weighted by Crippen LogP contribution is 2.36. The van der Waals surface area contributed by atoms with E-state index in [0.29, 0.717) is 6.04 Å². The fourth-order valence-corrected chi connectivity index (χ4v) is 3.22. The third kappa shape index (κ3) is 4.04. The predicted octanol–water partition coefficient (Wildman–Crippen LogP) is 4.26. The Morgan fingerprint density at radius 2 is 2.00 bits per heavy atom. The second-order valence-electron chi connectivity index (χ2n) is 6.25. The molecule has 0 spiro atoms. The molecule has 1 fully saturated rings. The van der Waals surface area contributed by atoms with Crippen molar-refractivity contribution in [1.82, 2.24) is 10.3 Å². The molecule has 1 unspecified atom stereocenters. The van der Waals surface area contributed by atoms with Crippen LogP contribution in [0.4, 0.5) is 0 Å². The van der Waals surface area contributed by atoms with Gasteiger partial charge in [0.25, 0.3) is 0 Å². The number of hydrogen-bond acceptors (Lipinski definition) is 2. The van der Waals surface area contributed by atoms with Gasteiger partial charge in [-0.2, -0.15) is 0 Å². The highest BCUT2D eigenvalue weighted by molar-refractivity contribution is 5.21. The van der Waals surface area contributed by atoms with E-state index in [-0.39, 0.29) is 0 Å². The van der Waals surface area contributed by atoms with Crippen LogP contribution in [0.5, 0.6) is 0 Å². The van der Waals surface area contributed by atoms with Gasteiger partial charge in [0.2, 0.25) is 0 Å². The van der Waals surface area contributed by atoms with Crippen LogP contribution in [0.2, 0.25) is 0 Å². The molecule has 0 aliphatic heterocycles. The molecule has 1 aromatic heterocycles. The fourth-order valence-electron chi connectivity index (χ4n) is 3.22. The molecular weight excluding hydrogens is 232 g/mol. The van der Waals surface area contributed by atoms with E-state index in [9.17, 15) is 0 Å². The van der Waals surface area contributed by atoms with Crippen LogP contribution in [0.15, 0.2) is 18.5 Å². The topological polar surface area (TPSA) is 24.9 Å². The fraction of sp³-hybridized carbons (Fsp3) is 0.706. The molecular formula is C17H28N2. The Bertz CT molecular complexity index is 381. The predicted molar refractivity (Wildman–Crippen MR) is 81.1 cm³/mol. The van der Waals surface area contributed by atoms with Crippen LogP contribution in [-0.2, 0) is 0 Å². The zero-order valence-corrected chi connectivity index (χ0v) is 12.7. The van der Waals surface area contributed by atoms with Crippen LogP contribution >= 0.6 is 0 Å². The SMILES string of the molecule is CCCNC(c1cncc(C)c1)C1CCC(C)CC1. The van der Waals surface area contributed by atoms with Crippen molar-refractivity contribution in [1.29, 1.82) is 0 Å². The molecule has 1 N–H and O–H groups in total. The number of hydrogen-bond donors (Lipinski definition) is 1. The van der Waals surface area contributed by atoms with Crippen molar-refractivity contribution in [2.24, 2.45) is 11.8 Å². The van der Waals surface area contributed by atoms with Gasteiger partial charge in [-0.15, -0.1) is 0 Å². The number of rotatable bonds is 5. The van der Waals surface area contributed by atoms with Gasteiger partial charge in [-0.1, -0.05) is 32.8 Å². The number of nitrogens with zero attached hydrogens (tertiary/aromatic N) is 1. The van der Waals surface area contributed by atoms with Gasteiger partial charge in [0, 0.05) is 18.4 Å². The summed E-state index contributed by atoms with van der Waals surface area (Å²) in [5, 5.41) is 3.76. The molecule has 1 heterocycles. The summed E-state index contributed by atoms with van der Waals surface area (Å²) in [4.78, 5) is 4.38. The first kappa shape index (κ1) is 14.5. The number of aromatic nitrogens is 1. The van der Waals surface area contributed by atoms with E-state index in [4.69, 9.17) is 0 Å². The maximum Gasteiger partial charge on any atom is 0.0364 e. The molecule has 2 heteroatoms. The summed E-state index contributed by atoms with van der Waals surface area (Å²) in [6, 6.07) is 2.80. The molecule has 1 aliphatic carbocycles. The minimum atomic E-state index is 0.500. The van der Waals surface area contributed by atoms with Crippen molar-refractivity contribution in [3.63, 3.8) is 0 Å². The van der Waals surface area contributed by atoms with Crippen LogP contribution in [-0.4, -0.2) is 11.5 Å². The highest BCUT2D eigenvalue weighted by atomic mass is 14.9. The van der Waals surface area contributed by atoms with E-state index in [0.717, 1.165) is 18.4 Å². The smallest absolute Gasteiger partial charge is 0.0364 e. The lowest BCUT2D eigenvalue weighted by Crippen LogP contribution is -2.31. The minimum absolute atomic E-state index is 0.500. The normalized spacial score (nSPS) is 25.2. The standard InChI is InChI=1S/C17H28N2/c1-4-9-19-17(15-7-5-13(2)6-8-15)16-10-14(3)11-18-12-16/h10-13,15,17,19H,4-9H2,1-3H3. The van der Waals surface area contributed by atoms with Gasteiger partial charge in [0.05, 0.1) is 0 Å². The molecule has 1 atom stereocenters. The molecule has 0 aromatic carbocycles. The van der Waals surface area contributed by atoms with Crippen molar-refractivity contribution in [2.75, 3.05) is 6.54 Å². The maximum atomic E-state index is 4.38. The van der Waals surface area contributed by atoms with E-state index < -0.39 is 0 Å². The summed E-state index contributed by atoms with van der Waals surface area (Å²) in [5.41, 5.74) is 2.65. The Kier molecular flexibility index (Phi) is 5.38. The van der Waals surface area contributed by atoms with Crippen molar-refractivity contribution < 1.29 is 0 Å². The summed E-state index contributed by atoms with van der Waals surface area (Å²) >= 11 is 0. The van der Waals surface area contributed by atoms with E-state index in [1.54, 1.807) is 0 Å². The van der Waals surface area contributed by atoms with Crippen molar-refractivity contribution in [3.8, 4) is 0 Å². The van der Waals surface area contributed by atoms with E-state index in [2.05, 4.69) is 43.3 Å². The quantitative estimate of drug-likeness (QED) is 0.855. The van der Waals surface area contributed by atoms with E-state index in [1.165, 1.54) is 43.2 Å². The van der Waals surface area contributed by atoms with Crippen LogP contribution in [0.25, 0.3) is 0 Å². The molecule has 0 saturated heterocycles. The average molecular weight is 260 g/mol. The zero-order chi connectivity index (χ0) is 13.7. The van der Waals surface area contributed by atoms with Gasteiger partial charge < -0.3 is 5.32 Å². The summed E-state index contributed by atoms with van der Waals surface area (Å²) in [6.07, 6.45) is 10.7. The molecule has 106 valence electrons. The molecule has 0 radical (unpaired) electrons. The monoisotopic (exact) mass is 260 g/mol. The molecule has 1 aliphatic rings. The van der Waals surface area contributed by atoms with E-state index in [1.807, 2.05) is 6.20 Å². The molecule has 0 amide bonds. The second kappa shape index (κ2) is 7.04. The summed E-state index contributed by atoms with van der Waals surface area (Å²) in [6.45, 7) is 7.86. The molecule has 1 aromatic rings. The summed E-state index contributed by atoms with van der Waals surface area (Å²) in [5.74, 6) is 1.70. The van der Waals surface area contributed by atoms with Gasteiger partial charge in [-0.25, -0.2) is 0 Å². The number of aryl methyl sites for hydroxylation is 1. The first-order valence-electron chi connectivity index (χ1n) is 7.85. The van der Waals surface area contributed by atoms with E-state index >= 15 is 0 Å². The van der Waals surface area contributed by atoms with Gasteiger partial charge >= 0.3 is 0 Å². The Morgan fingerprint density at radius 1 is 1.26 bits per heavy atom. The summed E-state index contributed by atoms with van der Waals surface area (Å²) in [7, 11) is 0. The van der Waals surface area contributed by atoms with Crippen molar-refractivity contribution in [3.05, 3.63) is 29.6 Å². The number of pyridine rings is 1. The van der Waals surface area contributed by atoms with Crippen LogP contribution in [0.1, 0.15) is 63.1 Å². The third-order valence-corrected chi connectivity index (χ3v) is 4.40. The first-order chi connectivity index (χ1) is 9.20. The largest absolute Gasteiger partial charge is 0.310 e. The van der Waals surface area contributed by atoms with Gasteiger partial charge in [-0.3, -0.25) is 4.98 Å². The van der Waals surface area contributed by atoms with Crippen LogP contribution < -0.4 is 5.32 Å². The Labute approximate surface area is 118 Å². The van der Waals surface area contributed by atoms with Crippen molar-refractivity contribution >= 4 is 0 Å². The van der Waals surface area contributed by atoms with Crippen LogP contribution in [0, 0.1) is 18.8 Å². The summed E-state index contributed by atoms with van der Waals surface area (Å²) < 4.78 is 0. The Hall–Kier alpha value is -0.890. The molecule has 2 rings (SSSR count). The lowest BCUT2D eigenvalue weighted by Gasteiger charge is -2.33. The van der Waals surface area contributed by atoms with Crippen molar-refractivity contribution in [2.45, 2.75) is 58.9 Å². The lowest BCUT2D eigenvalue weighted by molar-refractivity contribution is 0.231. The van der Waals surface area contributed by atoms with Gasteiger partial charge in [-0.05, 0) is 55.7 Å². The maximum absolute atomic E-state index is 4.38. The third-order valence-electron chi connectivity index (χ3n) is 4.40. The molecule has 0 bridgehead atoms. The molecule has 19 heavy (non-hydrogen) atoms. The van der Waals surface area contributed by atoms with Crippen LogP contribution in [0.3, 0.4) is 0 Å². The molecule has 2 nitrogen and oxygen atoms in total.